The van der Waals surface area contributed by atoms with Crippen molar-refractivity contribution in [3.8, 4) is 11.3 Å². The number of carboxylic acids is 1. The second-order valence-corrected chi connectivity index (χ2v) is 6.56. The number of aromatic carboxylic acids is 1. The van der Waals surface area contributed by atoms with Gasteiger partial charge in [0.25, 0.3) is 0 Å². The monoisotopic (exact) mass is 287 g/mol. The largest absolute Gasteiger partial charge is 0.477 e. The predicted molar refractivity (Wildman–Crippen MR) is 81.8 cm³/mol. The SMILES string of the molecule is Cc1cc(C)c(-c2noc(C(C)(C)C)c2C(=O)O)c(C)c1. The number of hydrogen-bond donors (Lipinski definition) is 1. The Balaban J connectivity index is 2.78. The van der Waals surface area contributed by atoms with Gasteiger partial charge in [0.2, 0.25) is 0 Å². The zero-order chi connectivity index (χ0) is 15.9. The Hall–Kier alpha value is -2.10. The van der Waals surface area contributed by atoms with E-state index in [2.05, 4.69) is 5.16 Å². The second kappa shape index (κ2) is 5.02. The molecule has 0 aliphatic carbocycles. The van der Waals surface area contributed by atoms with Crippen molar-refractivity contribution < 1.29 is 14.4 Å². The number of nitrogens with zero attached hydrogens (tertiary/aromatic N) is 1. The molecular weight excluding hydrogens is 266 g/mol. The zero-order valence-corrected chi connectivity index (χ0v) is 13.4. The quantitative estimate of drug-likeness (QED) is 0.896. The Morgan fingerprint density at radius 2 is 1.67 bits per heavy atom. The first-order valence-corrected chi connectivity index (χ1v) is 6.94. The molecule has 2 rings (SSSR count). The number of benzene rings is 1. The molecule has 1 aromatic carbocycles. The summed E-state index contributed by atoms with van der Waals surface area (Å²) in [5.41, 5.74) is 4.17. The number of rotatable bonds is 2. The van der Waals surface area contributed by atoms with Gasteiger partial charge in [-0.1, -0.05) is 43.6 Å². The predicted octanol–water partition coefficient (Wildman–Crippen LogP) is 4.26. The van der Waals surface area contributed by atoms with Gasteiger partial charge in [-0.2, -0.15) is 0 Å². The number of aromatic nitrogens is 1. The van der Waals surface area contributed by atoms with E-state index < -0.39 is 11.4 Å². The van der Waals surface area contributed by atoms with Crippen LogP contribution in [0.2, 0.25) is 0 Å². The van der Waals surface area contributed by atoms with Gasteiger partial charge < -0.3 is 9.63 Å². The molecule has 0 aliphatic rings. The molecular formula is C17H21NO3. The molecule has 2 aromatic rings. The van der Waals surface area contributed by atoms with E-state index in [9.17, 15) is 9.90 Å². The molecule has 0 atom stereocenters. The Morgan fingerprint density at radius 1 is 1.14 bits per heavy atom. The molecule has 112 valence electrons. The number of hydrogen-bond acceptors (Lipinski definition) is 3. The Labute approximate surface area is 124 Å². The number of carbonyl (C=O) groups is 1. The minimum Gasteiger partial charge on any atom is -0.477 e. The van der Waals surface area contributed by atoms with E-state index in [1.165, 1.54) is 0 Å². The van der Waals surface area contributed by atoms with Crippen LogP contribution >= 0.6 is 0 Å². The third kappa shape index (κ3) is 2.71. The number of carboxylic acid groups (broad SMARTS) is 1. The lowest BCUT2D eigenvalue weighted by atomic mass is 9.87. The van der Waals surface area contributed by atoms with Gasteiger partial charge in [-0.15, -0.1) is 0 Å². The van der Waals surface area contributed by atoms with E-state index in [0.29, 0.717) is 11.5 Å². The average Bonchev–Trinajstić information content (AvgIpc) is 2.71. The molecule has 21 heavy (non-hydrogen) atoms. The van der Waals surface area contributed by atoms with Gasteiger partial charge in [0, 0.05) is 11.0 Å². The van der Waals surface area contributed by atoms with Gasteiger partial charge in [0.15, 0.2) is 5.76 Å². The molecule has 0 fully saturated rings. The lowest BCUT2D eigenvalue weighted by Gasteiger charge is -2.15. The van der Waals surface area contributed by atoms with E-state index in [0.717, 1.165) is 22.3 Å². The molecule has 1 N–H and O–H groups in total. The fourth-order valence-corrected chi connectivity index (χ4v) is 2.72. The minimum atomic E-state index is -1.00. The van der Waals surface area contributed by atoms with Crippen LogP contribution in [0.5, 0.6) is 0 Å². The Kier molecular flexibility index (Phi) is 3.66. The summed E-state index contributed by atoms with van der Waals surface area (Å²) in [7, 11) is 0. The third-order valence-corrected chi connectivity index (χ3v) is 3.50. The number of aryl methyl sites for hydroxylation is 3. The molecule has 4 heteroatoms. The summed E-state index contributed by atoms with van der Waals surface area (Å²) in [4.78, 5) is 11.7. The molecule has 4 nitrogen and oxygen atoms in total. The molecule has 0 saturated heterocycles. The van der Waals surface area contributed by atoms with Crippen LogP contribution in [-0.2, 0) is 5.41 Å². The highest BCUT2D eigenvalue weighted by Gasteiger charge is 2.32. The summed E-state index contributed by atoms with van der Waals surface area (Å²) in [5, 5.41) is 13.7. The summed E-state index contributed by atoms with van der Waals surface area (Å²) in [5.74, 6) is -0.597. The van der Waals surface area contributed by atoms with Gasteiger partial charge in [-0.25, -0.2) is 4.79 Å². The fourth-order valence-electron chi connectivity index (χ4n) is 2.72. The lowest BCUT2D eigenvalue weighted by molar-refractivity contribution is 0.0693. The highest BCUT2D eigenvalue weighted by molar-refractivity contribution is 5.97. The van der Waals surface area contributed by atoms with Crippen molar-refractivity contribution in [1.29, 1.82) is 0 Å². The first-order valence-electron chi connectivity index (χ1n) is 6.94. The third-order valence-electron chi connectivity index (χ3n) is 3.50. The highest BCUT2D eigenvalue weighted by Crippen LogP contribution is 2.36. The average molecular weight is 287 g/mol. The maximum atomic E-state index is 11.7. The van der Waals surface area contributed by atoms with Gasteiger partial charge in [0.05, 0.1) is 0 Å². The van der Waals surface area contributed by atoms with Crippen LogP contribution in [-0.4, -0.2) is 16.2 Å². The molecule has 0 spiro atoms. The molecule has 1 heterocycles. The fraction of sp³-hybridized carbons (Fsp3) is 0.412. The van der Waals surface area contributed by atoms with E-state index in [4.69, 9.17) is 4.52 Å². The lowest BCUT2D eigenvalue weighted by Crippen LogP contribution is -2.15. The van der Waals surface area contributed by atoms with Crippen molar-refractivity contribution >= 4 is 5.97 Å². The summed E-state index contributed by atoms with van der Waals surface area (Å²) in [6, 6.07) is 4.05. The standard InChI is InChI=1S/C17H21NO3/c1-9-7-10(2)12(11(3)8-9)14-13(16(19)20)15(21-18-14)17(4,5)6/h7-8H,1-6H3,(H,19,20). The molecule has 0 amide bonds. The van der Waals surface area contributed by atoms with Gasteiger partial charge in [-0.05, 0) is 31.9 Å². The van der Waals surface area contributed by atoms with Crippen molar-refractivity contribution in [2.75, 3.05) is 0 Å². The Bertz CT molecular complexity index is 682. The van der Waals surface area contributed by atoms with E-state index in [1.54, 1.807) is 0 Å². The molecule has 0 radical (unpaired) electrons. The summed E-state index contributed by atoms with van der Waals surface area (Å²) < 4.78 is 5.39. The van der Waals surface area contributed by atoms with Gasteiger partial charge in [0.1, 0.15) is 11.3 Å². The molecule has 1 aromatic heterocycles. The topological polar surface area (TPSA) is 63.3 Å². The van der Waals surface area contributed by atoms with Crippen LogP contribution in [0.3, 0.4) is 0 Å². The van der Waals surface area contributed by atoms with E-state index >= 15 is 0 Å². The van der Waals surface area contributed by atoms with Crippen LogP contribution < -0.4 is 0 Å². The summed E-state index contributed by atoms with van der Waals surface area (Å²) in [6.45, 7) is 11.7. The first kappa shape index (κ1) is 15.3. The van der Waals surface area contributed by atoms with Crippen molar-refractivity contribution in [2.24, 2.45) is 0 Å². The normalized spacial score (nSPS) is 11.7. The molecule has 0 unspecified atom stereocenters. The van der Waals surface area contributed by atoms with Crippen molar-refractivity contribution in [1.82, 2.24) is 5.16 Å². The summed E-state index contributed by atoms with van der Waals surface area (Å²) in [6.07, 6.45) is 0. The smallest absolute Gasteiger partial charge is 0.341 e. The minimum absolute atomic E-state index is 0.164. The van der Waals surface area contributed by atoms with Gasteiger partial charge >= 0.3 is 5.97 Å². The zero-order valence-electron chi connectivity index (χ0n) is 13.4. The van der Waals surface area contributed by atoms with Crippen LogP contribution in [0.1, 0.15) is 53.6 Å². The molecule has 0 aliphatic heterocycles. The second-order valence-electron chi connectivity index (χ2n) is 6.56. The van der Waals surface area contributed by atoms with E-state index in [1.807, 2.05) is 53.7 Å². The maximum Gasteiger partial charge on any atom is 0.341 e. The van der Waals surface area contributed by atoms with Crippen LogP contribution in [0.15, 0.2) is 16.7 Å². The molecule has 0 bridgehead atoms. The van der Waals surface area contributed by atoms with Crippen molar-refractivity contribution in [3.63, 3.8) is 0 Å². The van der Waals surface area contributed by atoms with Crippen LogP contribution in [0, 0.1) is 20.8 Å². The first-order chi connectivity index (χ1) is 9.62. The van der Waals surface area contributed by atoms with Crippen molar-refractivity contribution in [3.05, 3.63) is 40.1 Å². The maximum absolute atomic E-state index is 11.7. The highest BCUT2D eigenvalue weighted by atomic mass is 16.5. The van der Waals surface area contributed by atoms with Crippen molar-refractivity contribution in [2.45, 2.75) is 47.0 Å². The van der Waals surface area contributed by atoms with Crippen LogP contribution in [0.25, 0.3) is 11.3 Å². The Morgan fingerprint density at radius 3 is 2.10 bits per heavy atom. The van der Waals surface area contributed by atoms with Gasteiger partial charge in [-0.3, -0.25) is 0 Å². The molecule has 0 saturated carbocycles. The van der Waals surface area contributed by atoms with E-state index in [-0.39, 0.29) is 5.56 Å². The van der Waals surface area contributed by atoms with Crippen LogP contribution in [0.4, 0.5) is 0 Å². The summed E-state index contributed by atoms with van der Waals surface area (Å²) >= 11 is 0.